The Morgan fingerprint density at radius 2 is 2.20 bits per heavy atom. The first-order valence-electron chi connectivity index (χ1n) is 6.41. The topological polar surface area (TPSA) is 94.1 Å². The Balaban J connectivity index is 1.72. The highest BCUT2D eigenvalue weighted by Crippen LogP contribution is 2.39. The van der Waals surface area contributed by atoms with Gasteiger partial charge in [-0.3, -0.25) is 19.8 Å². The number of rotatable bonds is 4. The average molecular weight is 274 g/mol. The zero-order valence-electron chi connectivity index (χ0n) is 10.8. The van der Waals surface area contributed by atoms with E-state index in [1.54, 1.807) is 6.20 Å². The first kappa shape index (κ1) is 12.7. The summed E-state index contributed by atoms with van der Waals surface area (Å²) in [6.45, 7) is 0.416. The molecule has 1 fully saturated rings. The number of nitro groups is 1. The SMILES string of the molecule is O=[N+]([O-])c1cnn(Cc2ccc(C3(O)CCC3)nc2)c1. The van der Waals surface area contributed by atoms with E-state index in [0.29, 0.717) is 12.2 Å². The van der Waals surface area contributed by atoms with Crippen LogP contribution in [0.15, 0.2) is 30.7 Å². The van der Waals surface area contributed by atoms with Gasteiger partial charge in [0.2, 0.25) is 0 Å². The fourth-order valence-electron chi connectivity index (χ4n) is 2.28. The van der Waals surface area contributed by atoms with Gasteiger partial charge < -0.3 is 5.11 Å². The summed E-state index contributed by atoms with van der Waals surface area (Å²) in [6, 6.07) is 3.68. The van der Waals surface area contributed by atoms with Gasteiger partial charge in [0, 0.05) is 6.20 Å². The van der Waals surface area contributed by atoms with Crippen molar-refractivity contribution in [3.63, 3.8) is 0 Å². The second-order valence-corrected chi connectivity index (χ2v) is 5.09. The molecular formula is C13H14N4O3. The number of nitrogens with zero attached hydrogens (tertiary/aromatic N) is 4. The zero-order chi connectivity index (χ0) is 14.2. The van der Waals surface area contributed by atoms with E-state index >= 15 is 0 Å². The zero-order valence-corrected chi connectivity index (χ0v) is 10.8. The van der Waals surface area contributed by atoms with E-state index in [2.05, 4.69) is 10.1 Å². The van der Waals surface area contributed by atoms with E-state index in [0.717, 1.165) is 24.8 Å². The molecule has 0 spiro atoms. The Morgan fingerprint density at radius 3 is 2.70 bits per heavy atom. The molecule has 2 aromatic heterocycles. The molecular weight excluding hydrogens is 260 g/mol. The van der Waals surface area contributed by atoms with Crippen LogP contribution in [0.4, 0.5) is 5.69 Å². The molecule has 0 unspecified atom stereocenters. The normalized spacial score (nSPS) is 16.6. The van der Waals surface area contributed by atoms with Crippen LogP contribution in [0.5, 0.6) is 0 Å². The van der Waals surface area contributed by atoms with E-state index in [-0.39, 0.29) is 5.69 Å². The van der Waals surface area contributed by atoms with Gasteiger partial charge >= 0.3 is 5.69 Å². The van der Waals surface area contributed by atoms with Crippen molar-refractivity contribution in [1.82, 2.24) is 14.8 Å². The minimum atomic E-state index is -0.761. The molecule has 1 saturated carbocycles. The standard InChI is InChI=1S/C13H14N4O3/c18-13(4-1-5-13)12-3-2-10(6-14-12)8-16-9-11(7-15-16)17(19)20/h2-3,6-7,9,18H,1,4-5,8H2. The van der Waals surface area contributed by atoms with Gasteiger partial charge in [0.15, 0.2) is 0 Å². The molecule has 0 atom stereocenters. The molecule has 2 heterocycles. The summed E-state index contributed by atoms with van der Waals surface area (Å²) < 4.78 is 1.49. The molecule has 1 aliphatic rings. The van der Waals surface area contributed by atoms with Crippen LogP contribution in [0.2, 0.25) is 0 Å². The first-order chi connectivity index (χ1) is 9.57. The second-order valence-electron chi connectivity index (χ2n) is 5.09. The number of aromatic nitrogens is 3. The van der Waals surface area contributed by atoms with Gasteiger partial charge in [-0.25, -0.2) is 0 Å². The summed E-state index contributed by atoms with van der Waals surface area (Å²) in [6.07, 6.45) is 6.82. The van der Waals surface area contributed by atoms with E-state index < -0.39 is 10.5 Å². The Labute approximate surface area is 115 Å². The van der Waals surface area contributed by atoms with Crippen molar-refractivity contribution in [3.8, 4) is 0 Å². The molecule has 0 aromatic carbocycles. The fourth-order valence-corrected chi connectivity index (χ4v) is 2.28. The highest BCUT2D eigenvalue weighted by molar-refractivity contribution is 5.23. The summed E-state index contributed by atoms with van der Waals surface area (Å²) in [5.74, 6) is 0. The van der Waals surface area contributed by atoms with Gasteiger partial charge in [-0.2, -0.15) is 5.10 Å². The molecule has 0 bridgehead atoms. The highest BCUT2D eigenvalue weighted by Gasteiger charge is 2.37. The maximum atomic E-state index is 10.6. The van der Waals surface area contributed by atoms with Crippen LogP contribution in [0, 0.1) is 10.1 Å². The third-order valence-electron chi connectivity index (χ3n) is 3.66. The lowest BCUT2D eigenvalue weighted by Crippen LogP contribution is -2.34. The van der Waals surface area contributed by atoms with E-state index in [1.807, 2.05) is 12.1 Å². The van der Waals surface area contributed by atoms with Gasteiger partial charge in [0.1, 0.15) is 18.0 Å². The number of aliphatic hydroxyl groups is 1. The monoisotopic (exact) mass is 274 g/mol. The lowest BCUT2D eigenvalue weighted by atomic mass is 9.77. The Hall–Kier alpha value is -2.28. The molecule has 2 aromatic rings. The number of pyridine rings is 1. The first-order valence-corrected chi connectivity index (χ1v) is 6.41. The van der Waals surface area contributed by atoms with Crippen molar-refractivity contribution in [3.05, 3.63) is 52.1 Å². The summed E-state index contributed by atoms with van der Waals surface area (Å²) in [5.41, 5.74) is 0.787. The van der Waals surface area contributed by atoms with E-state index in [9.17, 15) is 15.2 Å². The van der Waals surface area contributed by atoms with Crippen LogP contribution in [0.1, 0.15) is 30.5 Å². The van der Waals surface area contributed by atoms with Crippen molar-refractivity contribution >= 4 is 5.69 Å². The van der Waals surface area contributed by atoms with E-state index in [1.165, 1.54) is 17.1 Å². The maximum Gasteiger partial charge on any atom is 0.307 e. The van der Waals surface area contributed by atoms with Crippen molar-refractivity contribution in [2.75, 3.05) is 0 Å². The van der Waals surface area contributed by atoms with Crippen molar-refractivity contribution < 1.29 is 10.0 Å². The number of hydrogen-bond acceptors (Lipinski definition) is 5. The number of hydrogen-bond donors (Lipinski definition) is 1. The molecule has 7 nitrogen and oxygen atoms in total. The average Bonchev–Trinajstić information content (AvgIpc) is 2.86. The van der Waals surface area contributed by atoms with Gasteiger partial charge in [-0.05, 0) is 30.9 Å². The minimum absolute atomic E-state index is 0.0293. The van der Waals surface area contributed by atoms with Crippen LogP contribution in [0.25, 0.3) is 0 Å². The van der Waals surface area contributed by atoms with Crippen molar-refractivity contribution in [2.45, 2.75) is 31.4 Å². The van der Waals surface area contributed by atoms with Crippen molar-refractivity contribution in [2.24, 2.45) is 0 Å². The lowest BCUT2D eigenvalue weighted by Gasteiger charge is -2.35. The predicted molar refractivity (Wildman–Crippen MR) is 70.0 cm³/mol. The third-order valence-corrected chi connectivity index (χ3v) is 3.66. The lowest BCUT2D eigenvalue weighted by molar-refractivity contribution is -0.385. The molecule has 7 heteroatoms. The molecule has 20 heavy (non-hydrogen) atoms. The summed E-state index contributed by atoms with van der Waals surface area (Å²) in [7, 11) is 0. The van der Waals surface area contributed by atoms with Crippen molar-refractivity contribution in [1.29, 1.82) is 0 Å². The molecule has 0 aliphatic heterocycles. The molecule has 104 valence electrons. The van der Waals surface area contributed by atoms with Gasteiger partial charge in [0.05, 0.1) is 17.2 Å². The third kappa shape index (κ3) is 2.27. The van der Waals surface area contributed by atoms with Gasteiger partial charge in [-0.15, -0.1) is 0 Å². The summed E-state index contributed by atoms with van der Waals surface area (Å²) >= 11 is 0. The molecule has 0 saturated heterocycles. The Kier molecular flexibility index (Phi) is 2.98. The fraction of sp³-hybridized carbons (Fsp3) is 0.385. The van der Waals surface area contributed by atoms with Gasteiger partial charge in [0.25, 0.3) is 0 Å². The predicted octanol–water partition coefficient (Wildman–Crippen LogP) is 1.61. The molecule has 1 N–H and O–H groups in total. The maximum absolute atomic E-state index is 10.6. The highest BCUT2D eigenvalue weighted by atomic mass is 16.6. The quantitative estimate of drug-likeness (QED) is 0.675. The van der Waals surface area contributed by atoms with Crippen LogP contribution >= 0.6 is 0 Å². The summed E-state index contributed by atoms with van der Waals surface area (Å²) in [4.78, 5) is 14.4. The van der Waals surface area contributed by atoms with Gasteiger partial charge in [-0.1, -0.05) is 6.07 Å². The van der Waals surface area contributed by atoms with Crippen LogP contribution < -0.4 is 0 Å². The summed E-state index contributed by atoms with van der Waals surface area (Å²) in [5, 5.41) is 24.7. The van der Waals surface area contributed by atoms with Crippen LogP contribution in [0.3, 0.4) is 0 Å². The molecule has 0 radical (unpaired) electrons. The second kappa shape index (κ2) is 4.68. The largest absolute Gasteiger partial charge is 0.384 e. The smallest absolute Gasteiger partial charge is 0.307 e. The van der Waals surface area contributed by atoms with Crippen LogP contribution in [-0.2, 0) is 12.1 Å². The molecule has 0 amide bonds. The Morgan fingerprint density at radius 1 is 1.40 bits per heavy atom. The van der Waals surface area contributed by atoms with Crippen LogP contribution in [-0.4, -0.2) is 24.8 Å². The van der Waals surface area contributed by atoms with E-state index in [4.69, 9.17) is 0 Å². The minimum Gasteiger partial charge on any atom is -0.384 e. The molecule has 1 aliphatic carbocycles. The Bertz CT molecular complexity index is 631. The molecule has 3 rings (SSSR count).